The monoisotopic (exact) mass is 324 g/mol. The number of carbonyl (C=O) groups excluding carboxylic acids is 1. The van der Waals surface area contributed by atoms with Gasteiger partial charge in [-0.2, -0.15) is 5.10 Å². The molecule has 1 amide bonds. The third kappa shape index (κ3) is 3.28. The zero-order valence-electron chi connectivity index (χ0n) is 13.7. The Hall–Kier alpha value is -2.73. The molecule has 2 aromatic heterocycles. The molecule has 0 radical (unpaired) electrons. The maximum atomic E-state index is 12.6. The van der Waals surface area contributed by atoms with E-state index in [0.29, 0.717) is 23.3 Å². The first kappa shape index (κ1) is 16.1. The van der Waals surface area contributed by atoms with E-state index in [4.69, 9.17) is 0 Å². The quantitative estimate of drug-likeness (QED) is 0.754. The van der Waals surface area contributed by atoms with E-state index in [1.165, 1.54) is 0 Å². The summed E-state index contributed by atoms with van der Waals surface area (Å²) in [5, 5.41) is 17.5. The van der Waals surface area contributed by atoms with Crippen LogP contribution in [0.5, 0.6) is 0 Å². The van der Waals surface area contributed by atoms with Crippen LogP contribution in [0.2, 0.25) is 0 Å². The van der Waals surface area contributed by atoms with Crippen LogP contribution in [0.15, 0.2) is 48.8 Å². The second-order valence-electron chi connectivity index (χ2n) is 5.88. The van der Waals surface area contributed by atoms with Crippen molar-refractivity contribution in [2.45, 2.75) is 32.4 Å². The molecule has 124 valence electrons. The molecule has 3 rings (SSSR count). The third-order valence-corrected chi connectivity index (χ3v) is 3.94. The topological polar surface area (TPSA) is 79.5 Å². The van der Waals surface area contributed by atoms with E-state index in [0.717, 1.165) is 5.56 Å². The number of nitrogens with one attached hydrogen (secondary N) is 1. The molecule has 1 aromatic carbocycles. The number of aryl methyl sites for hydroxylation is 1. The summed E-state index contributed by atoms with van der Waals surface area (Å²) in [6.07, 6.45) is 3.20. The van der Waals surface area contributed by atoms with Gasteiger partial charge in [-0.25, -0.2) is 9.50 Å². The van der Waals surface area contributed by atoms with E-state index in [1.54, 1.807) is 29.9 Å². The summed E-state index contributed by atoms with van der Waals surface area (Å²) in [5.41, 5.74) is 2.47. The standard InChI is InChI=1S/C18H20N4O2/c1-12(11-15(23)14-7-4-3-5-8-14)20-18(24)16-13(2)21-22-10-6-9-19-17(16)22/h3-10,12,15,23H,11H2,1-2H3,(H,20,24). The van der Waals surface area contributed by atoms with Crippen molar-refractivity contribution in [2.24, 2.45) is 0 Å². The smallest absolute Gasteiger partial charge is 0.257 e. The number of aliphatic hydroxyl groups excluding tert-OH is 1. The fraction of sp³-hybridized carbons (Fsp3) is 0.278. The Morgan fingerprint density at radius 2 is 2.04 bits per heavy atom. The van der Waals surface area contributed by atoms with Crippen LogP contribution in [-0.4, -0.2) is 31.7 Å². The van der Waals surface area contributed by atoms with Crippen molar-refractivity contribution in [1.29, 1.82) is 0 Å². The largest absolute Gasteiger partial charge is 0.388 e. The van der Waals surface area contributed by atoms with Crippen LogP contribution in [0.1, 0.15) is 41.1 Å². The van der Waals surface area contributed by atoms with Crippen LogP contribution < -0.4 is 5.32 Å². The molecule has 6 nitrogen and oxygen atoms in total. The zero-order valence-corrected chi connectivity index (χ0v) is 13.7. The molecule has 0 saturated carbocycles. The number of aromatic nitrogens is 3. The van der Waals surface area contributed by atoms with Gasteiger partial charge >= 0.3 is 0 Å². The first-order chi connectivity index (χ1) is 11.6. The molecule has 0 bridgehead atoms. The van der Waals surface area contributed by atoms with Gasteiger partial charge in [-0.05, 0) is 31.9 Å². The average Bonchev–Trinajstić information content (AvgIpc) is 2.91. The summed E-state index contributed by atoms with van der Waals surface area (Å²) in [7, 11) is 0. The van der Waals surface area contributed by atoms with Crippen molar-refractivity contribution in [3.8, 4) is 0 Å². The van der Waals surface area contributed by atoms with E-state index < -0.39 is 6.10 Å². The van der Waals surface area contributed by atoms with Gasteiger partial charge in [0.1, 0.15) is 5.56 Å². The molecular weight excluding hydrogens is 304 g/mol. The maximum absolute atomic E-state index is 12.6. The Bertz CT molecular complexity index is 845. The summed E-state index contributed by atoms with van der Waals surface area (Å²) in [4.78, 5) is 16.8. The highest BCUT2D eigenvalue weighted by Gasteiger charge is 2.21. The Morgan fingerprint density at radius 1 is 1.29 bits per heavy atom. The van der Waals surface area contributed by atoms with Gasteiger partial charge in [-0.1, -0.05) is 30.3 Å². The number of hydrogen-bond acceptors (Lipinski definition) is 4. The zero-order chi connectivity index (χ0) is 17.1. The Labute approximate surface area is 140 Å². The third-order valence-electron chi connectivity index (χ3n) is 3.94. The van der Waals surface area contributed by atoms with Gasteiger partial charge in [0.2, 0.25) is 0 Å². The van der Waals surface area contributed by atoms with Crippen LogP contribution in [0.25, 0.3) is 5.65 Å². The predicted octanol–water partition coefficient (Wildman–Crippen LogP) is 2.28. The second kappa shape index (κ2) is 6.80. The number of carbonyl (C=O) groups is 1. The molecule has 0 fully saturated rings. The summed E-state index contributed by atoms with van der Waals surface area (Å²) in [5.74, 6) is -0.228. The summed E-state index contributed by atoms with van der Waals surface area (Å²) in [6, 6.07) is 11.0. The first-order valence-electron chi connectivity index (χ1n) is 7.90. The number of nitrogens with zero attached hydrogens (tertiary/aromatic N) is 3. The van der Waals surface area contributed by atoms with E-state index in [1.807, 2.05) is 37.3 Å². The molecule has 0 aliphatic carbocycles. The molecule has 2 atom stereocenters. The minimum absolute atomic E-state index is 0.189. The molecule has 24 heavy (non-hydrogen) atoms. The highest BCUT2D eigenvalue weighted by atomic mass is 16.3. The molecule has 0 saturated heterocycles. The van der Waals surface area contributed by atoms with Gasteiger partial charge in [0.15, 0.2) is 5.65 Å². The second-order valence-corrected chi connectivity index (χ2v) is 5.88. The number of fused-ring (bicyclic) bond motifs is 1. The van der Waals surface area contributed by atoms with E-state index in [2.05, 4.69) is 15.4 Å². The number of amides is 1. The molecular formula is C18H20N4O2. The normalized spacial score (nSPS) is 13.6. The van der Waals surface area contributed by atoms with Crippen LogP contribution >= 0.6 is 0 Å². The van der Waals surface area contributed by atoms with E-state index in [-0.39, 0.29) is 11.9 Å². The minimum atomic E-state index is -0.621. The number of hydrogen-bond donors (Lipinski definition) is 2. The van der Waals surface area contributed by atoms with Gasteiger partial charge in [0.05, 0.1) is 11.8 Å². The van der Waals surface area contributed by atoms with Crippen LogP contribution in [0.3, 0.4) is 0 Å². The summed E-state index contributed by atoms with van der Waals surface area (Å²) >= 11 is 0. The van der Waals surface area contributed by atoms with Crippen molar-refractivity contribution in [2.75, 3.05) is 0 Å². The molecule has 2 unspecified atom stereocenters. The molecule has 2 N–H and O–H groups in total. The van der Waals surface area contributed by atoms with Crippen molar-refractivity contribution >= 4 is 11.6 Å². The Balaban J connectivity index is 1.71. The lowest BCUT2D eigenvalue weighted by Gasteiger charge is -2.18. The average molecular weight is 324 g/mol. The lowest BCUT2D eigenvalue weighted by molar-refractivity contribution is 0.0918. The molecule has 0 aliphatic heterocycles. The molecule has 0 spiro atoms. The van der Waals surface area contributed by atoms with Gasteiger partial charge in [0.25, 0.3) is 5.91 Å². The number of rotatable bonds is 5. The molecule has 6 heteroatoms. The lowest BCUT2D eigenvalue weighted by Crippen LogP contribution is -2.34. The lowest BCUT2D eigenvalue weighted by atomic mass is 10.0. The highest BCUT2D eigenvalue weighted by molar-refractivity contribution is 6.01. The summed E-state index contributed by atoms with van der Waals surface area (Å²) < 4.78 is 1.59. The van der Waals surface area contributed by atoms with Crippen molar-refractivity contribution in [1.82, 2.24) is 19.9 Å². The number of aliphatic hydroxyl groups is 1. The van der Waals surface area contributed by atoms with Crippen molar-refractivity contribution < 1.29 is 9.90 Å². The minimum Gasteiger partial charge on any atom is -0.388 e. The Kier molecular flexibility index (Phi) is 4.57. The number of benzene rings is 1. The predicted molar refractivity (Wildman–Crippen MR) is 90.7 cm³/mol. The summed E-state index contributed by atoms with van der Waals surface area (Å²) in [6.45, 7) is 3.66. The molecule has 3 aromatic rings. The van der Waals surface area contributed by atoms with E-state index >= 15 is 0 Å². The van der Waals surface area contributed by atoms with E-state index in [9.17, 15) is 9.90 Å². The van der Waals surface area contributed by atoms with Gasteiger partial charge in [-0.3, -0.25) is 4.79 Å². The molecule has 0 aliphatic rings. The Morgan fingerprint density at radius 3 is 2.79 bits per heavy atom. The van der Waals surface area contributed by atoms with Gasteiger partial charge in [-0.15, -0.1) is 0 Å². The van der Waals surface area contributed by atoms with Crippen LogP contribution in [0, 0.1) is 6.92 Å². The van der Waals surface area contributed by atoms with Gasteiger partial charge < -0.3 is 10.4 Å². The first-order valence-corrected chi connectivity index (χ1v) is 7.90. The van der Waals surface area contributed by atoms with Gasteiger partial charge in [0, 0.05) is 18.4 Å². The van der Waals surface area contributed by atoms with Crippen LogP contribution in [-0.2, 0) is 0 Å². The fourth-order valence-corrected chi connectivity index (χ4v) is 2.76. The van der Waals surface area contributed by atoms with Crippen LogP contribution in [0.4, 0.5) is 0 Å². The molecule has 2 heterocycles. The SMILES string of the molecule is Cc1nn2cccnc2c1C(=O)NC(C)CC(O)c1ccccc1. The maximum Gasteiger partial charge on any atom is 0.257 e. The van der Waals surface area contributed by atoms with Crippen molar-refractivity contribution in [3.63, 3.8) is 0 Å². The van der Waals surface area contributed by atoms with Crippen molar-refractivity contribution in [3.05, 3.63) is 65.6 Å². The highest BCUT2D eigenvalue weighted by Crippen LogP contribution is 2.18. The fourth-order valence-electron chi connectivity index (χ4n) is 2.76.